The van der Waals surface area contributed by atoms with Crippen LogP contribution < -0.4 is 5.73 Å². The first-order valence-electron chi connectivity index (χ1n) is 2.93. The van der Waals surface area contributed by atoms with Crippen molar-refractivity contribution in [3.63, 3.8) is 0 Å². The third-order valence-electron chi connectivity index (χ3n) is 1.23. The van der Waals surface area contributed by atoms with E-state index in [1.807, 2.05) is 0 Å². The fourth-order valence-corrected chi connectivity index (χ4v) is 0.681. The fraction of sp³-hybridized carbons (Fsp3) is 0.600. The molecular weight excluding hydrogens is 135 g/mol. The number of rotatable bonds is 2. The highest BCUT2D eigenvalue weighted by Crippen LogP contribution is 2.10. The van der Waals surface area contributed by atoms with Crippen LogP contribution in [0.5, 0.6) is 0 Å². The summed E-state index contributed by atoms with van der Waals surface area (Å²) >= 11 is 0. The van der Waals surface area contributed by atoms with Gasteiger partial charge in [-0.05, 0) is 0 Å². The van der Waals surface area contributed by atoms with Gasteiger partial charge < -0.3 is 10.3 Å². The minimum Gasteiger partial charge on any atom is -0.327 e. The van der Waals surface area contributed by atoms with Gasteiger partial charge in [0.05, 0.1) is 0 Å². The van der Waals surface area contributed by atoms with Gasteiger partial charge in [-0.15, -0.1) is 10.2 Å². The molecule has 0 aromatic carbocycles. The summed E-state index contributed by atoms with van der Waals surface area (Å²) in [6, 6.07) is 0. The molecule has 2 N–H and O–H groups in total. The predicted molar refractivity (Wildman–Crippen MR) is 33.9 cm³/mol. The van der Waals surface area contributed by atoms with Crippen LogP contribution in [0.3, 0.4) is 0 Å². The van der Waals surface area contributed by atoms with Crippen LogP contribution in [0.25, 0.3) is 0 Å². The van der Waals surface area contributed by atoms with Gasteiger partial charge in [0.2, 0.25) is 0 Å². The van der Waals surface area contributed by atoms with Crippen LogP contribution in [0.2, 0.25) is 0 Å². The molecule has 4 nitrogen and oxygen atoms in total. The third kappa shape index (κ3) is 1.13. The number of alkyl halides is 1. The van der Waals surface area contributed by atoms with E-state index >= 15 is 0 Å². The Bertz CT molecular complexity index is 209. The second kappa shape index (κ2) is 2.74. The first kappa shape index (κ1) is 7.14. The molecule has 1 rings (SSSR count). The van der Waals surface area contributed by atoms with Crippen molar-refractivity contribution in [3.05, 3.63) is 12.2 Å². The highest BCUT2D eigenvalue weighted by Gasteiger charge is 2.12. The molecule has 0 radical (unpaired) electrons. The number of aryl methyl sites for hydroxylation is 1. The second-order valence-corrected chi connectivity index (χ2v) is 2.00. The molecule has 1 heterocycles. The van der Waals surface area contributed by atoms with Crippen molar-refractivity contribution in [2.45, 2.75) is 6.17 Å². The van der Waals surface area contributed by atoms with Crippen molar-refractivity contribution in [1.82, 2.24) is 14.8 Å². The number of halogens is 1. The monoisotopic (exact) mass is 144 g/mol. The summed E-state index contributed by atoms with van der Waals surface area (Å²) in [6.07, 6.45) is 0.241. The summed E-state index contributed by atoms with van der Waals surface area (Å²) in [5.41, 5.74) is 5.08. The zero-order chi connectivity index (χ0) is 7.56. The van der Waals surface area contributed by atoms with E-state index < -0.39 is 6.17 Å². The van der Waals surface area contributed by atoms with Gasteiger partial charge in [-0.3, -0.25) is 0 Å². The Morgan fingerprint density at radius 3 is 3.00 bits per heavy atom. The fourth-order valence-electron chi connectivity index (χ4n) is 0.681. The predicted octanol–water partition coefficient (Wildman–Crippen LogP) is -0.216. The standard InChI is InChI=1S/C5H9FN4/c1-10-3-8-9-5(10)4(6)2-7/h3-4H,2,7H2,1H3. The van der Waals surface area contributed by atoms with Gasteiger partial charge in [-0.2, -0.15) is 0 Å². The van der Waals surface area contributed by atoms with Gasteiger partial charge in [0, 0.05) is 13.6 Å². The van der Waals surface area contributed by atoms with Gasteiger partial charge in [0.15, 0.2) is 12.0 Å². The van der Waals surface area contributed by atoms with Crippen molar-refractivity contribution in [2.75, 3.05) is 6.54 Å². The lowest BCUT2D eigenvalue weighted by Gasteiger charge is -2.01. The molecule has 0 spiro atoms. The Balaban J connectivity index is 2.82. The molecule has 0 saturated heterocycles. The van der Waals surface area contributed by atoms with Crippen LogP contribution in [0.4, 0.5) is 4.39 Å². The Hall–Kier alpha value is -0.970. The molecule has 1 unspecified atom stereocenters. The smallest absolute Gasteiger partial charge is 0.172 e. The van der Waals surface area contributed by atoms with Gasteiger partial charge in [0.1, 0.15) is 6.33 Å². The van der Waals surface area contributed by atoms with Gasteiger partial charge >= 0.3 is 0 Å². The quantitative estimate of drug-likeness (QED) is 0.624. The summed E-state index contributed by atoms with van der Waals surface area (Å²) in [5, 5.41) is 7.05. The summed E-state index contributed by atoms with van der Waals surface area (Å²) in [7, 11) is 1.68. The molecule has 1 atom stereocenters. The van der Waals surface area contributed by atoms with E-state index in [0.717, 1.165) is 0 Å². The zero-order valence-corrected chi connectivity index (χ0v) is 5.66. The van der Waals surface area contributed by atoms with Gasteiger partial charge in [-0.25, -0.2) is 4.39 Å². The lowest BCUT2D eigenvalue weighted by atomic mass is 10.4. The molecule has 0 aliphatic carbocycles. The first-order valence-corrected chi connectivity index (χ1v) is 2.93. The van der Waals surface area contributed by atoms with E-state index in [2.05, 4.69) is 10.2 Å². The minimum atomic E-state index is -1.20. The number of nitrogens with two attached hydrogens (primary N) is 1. The van der Waals surface area contributed by atoms with Crippen molar-refractivity contribution in [1.29, 1.82) is 0 Å². The van der Waals surface area contributed by atoms with Crippen LogP contribution in [0.15, 0.2) is 6.33 Å². The highest BCUT2D eigenvalue weighted by atomic mass is 19.1. The average Bonchev–Trinajstić information content (AvgIpc) is 2.34. The molecule has 0 amide bonds. The highest BCUT2D eigenvalue weighted by molar-refractivity contribution is 4.90. The lowest BCUT2D eigenvalue weighted by Crippen LogP contribution is -2.11. The number of aromatic nitrogens is 3. The van der Waals surface area contributed by atoms with Crippen LogP contribution in [0.1, 0.15) is 12.0 Å². The maximum absolute atomic E-state index is 12.7. The van der Waals surface area contributed by atoms with Crippen molar-refractivity contribution in [3.8, 4) is 0 Å². The molecule has 0 saturated carbocycles. The Labute approximate surface area is 57.9 Å². The zero-order valence-electron chi connectivity index (χ0n) is 5.66. The summed E-state index contributed by atoms with van der Waals surface area (Å²) in [4.78, 5) is 0. The maximum Gasteiger partial charge on any atom is 0.172 e. The first-order chi connectivity index (χ1) is 4.75. The molecule has 10 heavy (non-hydrogen) atoms. The van der Waals surface area contributed by atoms with E-state index in [1.165, 1.54) is 10.9 Å². The third-order valence-corrected chi connectivity index (χ3v) is 1.23. The van der Waals surface area contributed by atoms with Crippen molar-refractivity contribution >= 4 is 0 Å². The SMILES string of the molecule is Cn1cnnc1C(F)CN. The molecule has 5 heteroatoms. The van der Waals surface area contributed by atoms with Gasteiger partial charge in [-0.1, -0.05) is 0 Å². The lowest BCUT2D eigenvalue weighted by molar-refractivity contribution is 0.328. The molecule has 0 aliphatic rings. The Kier molecular flexibility index (Phi) is 1.96. The van der Waals surface area contributed by atoms with Crippen molar-refractivity contribution < 1.29 is 4.39 Å². The molecular formula is C5H9FN4. The maximum atomic E-state index is 12.7. The molecule has 0 aliphatic heterocycles. The normalized spacial score (nSPS) is 13.5. The van der Waals surface area contributed by atoms with Gasteiger partial charge in [0.25, 0.3) is 0 Å². The van der Waals surface area contributed by atoms with Crippen LogP contribution in [-0.2, 0) is 7.05 Å². The van der Waals surface area contributed by atoms with E-state index in [0.29, 0.717) is 0 Å². The number of hydrogen-bond donors (Lipinski definition) is 1. The molecule has 1 aromatic rings. The van der Waals surface area contributed by atoms with Crippen LogP contribution >= 0.6 is 0 Å². The van der Waals surface area contributed by atoms with Crippen molar-refractivity contribution in [2.24, 2.45) is 12.8 Å². The van der Waals surface area contributed by atoms with E-state index in [9.17, 15) is 4.39 Å². The molecule has 0 bridgehead atoms. The van der Waals surface area contributed by atoms with E-state index in [4.69, 9.17) is 5.73 Å². The molecule has 1 aromatic heterocycles. The largest absolute Gasteiger partial charge is 0.327 e. The molecule has 0 fully saturated rings. The van der Waals surface area contributed by atoms with Crippen LogP contribution in [0, 0.1) is 0 Å². The van der Waals surface area contributed by atoms with E-state index in [1.54, 1.807) is 7.05 Å². The number of nitrogens with zero attached hydrogens (tertiary/aromatic N) is 3. The Morgan fingerprint density at radius 1 is 1.90 bits per heavy atom. The topological polar surface area (TPSA) is 56.7 Å². The van der Waals surface area contributed by atoms with E-state index in [-0.39, 0.29) is 12.4 Å². The minimum absolute atomic E-state index is 0.0491. The summed E-state index contributed by atoms with van der Waals surface area (Å²) < 4.78 is 14.2. The molecule has 56 valence electrons. The number of hydrogen-bond acceptors (Lipinski definition) is 3. The van der Waals surface area contributed by atoms with Crippen LogP contribution in [-0.4, -0.2) is 21.3 Å². The summed E-state index contributed by atoms with van der Waals surface area (Å²) in [5.74, 6) is 0.280. The Morgan fingerprint density at radius 2 is 2.60 bits per heavy atom. The average molecular weight is 144 g/mol. The second-order valence-electron chi connectivity index (χ2n) is 2.00. The summed E-state index contributed by atoms with van der Waals surface area (Å²) in [6.45, 7) is -0.0491.